The van der Waals surface area contributed by atoms with Crippen LogP contribution in [0.3, 0.4) is 0 Å². The minimum atomic E-state index is -0.669. The summed E-state index contributed by atoms with van der Waals surface area (Å²) in [6.07, 6.45) is 2.58. The first-order valence-corrected chi connectivity index (χ1v) is 7.54. The minimum absolute atomic E-state index is 0.0626. The lowest BCUT2D eigenvalue weighted by Gasteiger charge is -2.36. The van der Waals surface area contributed by atoms with Crippen LogP contribution in [0.1, 0.15) is 24.8 Å². The molecule has 1 aliphatic carbocycles. The van der Waals surface area contributed by atoms with Gasteiger partial charge in [-0.2, -0.15) is 0 Å². The average Bonchev–Trinajstić information content (AvgIpc) is 2.36. The van der Waals surface area contributed by atoms with Gasteiger partial charge < -0.3 is 10.4 Å². The molecule has 3 nitrogen and oxygen atoms in total. The van der Waals surface area contributed by atoms with Crippen LogP contribution in [0.15, 0.2) is 24.3 Å². The third kappa shape index (κ3) is 4.51. The highest BCUT2D eigenvalue weighted by molar-refractivity contribution is 7.99. The van der Waals surface area contributed by atoms with E-state index in [-0.39, 0.29) is 11.7 Å². The molecule has 0 radical (unpaired) electrons. The van der Waals surface area contributed by atoms with Crippen LogP contribution in [0.4, 0.5) is 4.39 Å². The maximum absolute atomic E-state index is 12.7. The van der Waals surface area contributed by atoms with E-state index in [4.69, 9.17) is 0 Å². The fraction of sp³-hybridized carbons (Fsp3) is 0.500. The number of hydrogen-bond donors (Lipinski definition) is 2. The zero-order chi connectivity index (χ0) is 13.7. The molecule has 0 aromatic heterocycles. The summed E-state index contributed by atoms with van der Waals surface area (Å²) < 4.78 is 12.7. The lowest BCUT2D eigenvalue weighted by Crippen LogP contribution is -2.48. The van der Waals surface area contributed by atoms with Crippen molar-refractivity contribution in [1.82, 2.24) is 5.32 Å². The van der Waals surface area contributed by atoms with Crippen molar-refractivity contribution < 1.29 is 14.3 Å². The molecule has 1 saturated carbocycles. The number of benzene rings is 1. The molecule has 0 saturated heterocycles. The third-order valence-corrected chi connectivity index (χ3v) is 4.32. The van der Waals surface area contributed by atoms with Crippen molar-refractivity contribution in [3.05, 3.63) is 35.6 Å². The Hall–Kier alpha value is -1.07. The minimum Gasteiger partial charge on any atom is -0.388 e. The summed E-state index contributed by atoms with van der Waals surface area (Å²) >= 11 is 1.48. The van der Waals surface area contributed by atoms with Crippen molar-refractivity contribution in [2.75, 3.05) is 12.3 Å². The molecular weight excluding hydrogens is 265 g/mol. The number of carbonyl (C=O) groups is 1. The third-order valence-electron chi connectivity index (χ3n) is 3.31. The molecule has 1 amide bonds. The largest absolute Gasteiger partial charge is 0.388 e. The van der Waals surface area contributed by atoms with Crippen LogP contribution < -0.4 is 5.32 Å². The highest BCUT2D eigenvalue weighted by atomic mass is 32.2. The molecule has 1 aliphatic rings. The SMILES string of the molecule is O=C(CSCc1ccc(F)cc1)NCC1(O)CCC1. The summed E-state index contributed by atoms with van der Waals surface area (Å²) in [6, 6.07) is 6.28. The molecule has 0 unspecified atom stereocenters. The van der Waals surface area contributed by atoms with Gasteiger partial charge in [0.15, 0.2) is 0 Å². The van der Waals surface area contributed by atoms with Crippen LogP contribution in [0.2, 0.25) is 0 Å². The molecule has 0 bridgehead atoms. The van der Waals surface area contributed by atoms with Crippen LogP contribution in [-0.4, -0.2) is 28.9 Å². The number of carbonyl (C=O) groups excluding carboxylic acids is 1. The Labute approximate surface area is 116 Å². The Morgan fingerprint density at radius 2 is 2.05 bits per heavy atom. The fourth-order valence-electron chi connectivity index (χ4n) is 1.92. The predicted molar refractivity (Wildman–Crippen MR) is 74.4 cm³/mol. The quantitative estimate of drug-likeness (QED) is 0.840. The first-order chi connectivity index (χ1) is 9.07. The van der Waals surface area contributed by atoms with Gasteiger partial charge >= 0.3 is 0 Å². The van der Waals surface area contributed by atoms with Gasteiger partial charge in [0.2, 0.25) is 5.91 Å². The highest BCUT2D eigenvalue weighted by Crippen LogP contribution is 2.30. The standard InChI is InChI=1S/C14H18FNO2S/c15-12-4-2-11(3-5-12)8-19-9-13(17)16-10-14(18)6-1-7-14/h2-5,18H,1,6-10H2,(H,16,17). The van der Waals surface area contributed by atoms with E-state index in [0.717, 1.165) is 24.8 Å². The second-order valence-corrected chi connectivity index (χ2v) is 5.96. The van der Waals surface area contributed by atoms with Crippen molar-refractivity contribution in [2.24, 2.45) is 0 Å². The maximum atomic E-state index is 12.7. The number of halogens is 1. The zero-order valence-corrected chi connectivity index (χ0v) is 11.5. The predicted octanol–water partition coefficient (Wildman–Crippen LogP) is 2.09. The molecule has 0 spiro atoms. The molecular formula is C14H18FNO2S. The van der Waals surface area contributed by atoms with Gasteiger partial charge in [0.05, 0.1) is 11.4 Å². The van der Waals surface area contributed by atoms with Crippen molar-refractivity contribution in [1.29, 1.82) is 0 Å². The molecule has 19 heavy (non-hydrogen) atoms. The van der Waals surface area contributed by atoms with E-state index >= 15 is 0 Å². The van der Waals surface area contributed by atoms with Gasteiger partial charge in [0.25, 0.3) is 0 Å². The smallest absolute Gasteiger partial charge is 0.230 e. The Bertz CT molecular complexity index is 432. The summed E-state index contributed by atoms with van der Waals surface area (Å²) in [4.78, 5) is 11.6. The number of rotatable bonds is 6. The van der Waals surface area contributed by atoms with E-state index in [1.165, 1.54) is 23.9 Å². The molecule has 2 rings (SSSR count). The zero-order valence-electron chi connectivity index (χ0n) is 10.7. The number of amides is 1. The van der Waals surface area contributed by atoms with E-state index in [1.807, 2.05) is 0 Å². The van der Waals surface area contributed by atoms with Gasteiger partial charge in [-0.15, -0.1) is 11.8 Å². The molecule has 0 atom stereocenters. The molecule has 1 fully saturated rings. The molecule has 5 heteroatoms. The topological polar surface area (TPSA) is 49.3 Å². The van der Waals surface area contributed by atoms with Crippen LogP contribution in [0, 0.1) is 5.82 Å². The Kier molecular flexibility index (Phi) is 4.82. The van der Waals surface area contributed by atoms with Gasteiger partial charge in [-0.05, 0) is 37.0 Å². The highest BCUT2D eigenvalue weighted by Gasteiger charge is 2.34. The monoisotopic (exact) mass is 283 g/mol. The maximum Gasteiger partial charge on any atom is 0.230 e. The number of aliphatic hydroxyl groups is 1. The van der Waals surface area contributed by atoms with Crippen LogP contribution >= 0.6 is 11.8 Å². The van der Waals surface area contributed by atoms with Crippen LogP contribution in [0.25, 0.3) is 0 Å². The Morgan fingerprint density at radius 3 is 2.63 bits per heavy atom. The first-order valence-electron chi connectivity index (χ1n) is 6.39. The number of nitrogens with one attached hydrogen (secondary N) is 1. The molecule has 1 aromatic carbocycles. The van der Waals surface area contributed by atoms with Crippen LogP contribution in [0.5, 0.6) is 0 Å². The van der Waals surface area contributed by atoms with E-state index in [9.17, 15) is 14.3 Å². The fourth-order valence-corrected chi connectivity index (χ4v) is 2.74. The molecule has 1 aromatic rings. The second-order valence-electron chi connectivity index (χ2n) is 4.97. The van der Waals surface area contributed by atoms with Crippen molar-refractivity contribution in [3.8, 4) is 0 Å². The molecule has 0 heterocycles. The Balaban J connectivity index is 1.62. The molecule has 0 aliphatic heterocycles. The number of hydrogen-bond acceptors (Lipinski definition) is 3. The van der Waals surface area contributed by atoms with Gasteiger partial charge in [0, 0.05) is 12.3 Å². The lowest BCUT2D eigenvalue weighted by molar-refractivity contribution is -0.121. The van der Waals surface area contributed by atoms with E-state index in [0.29, 0.717) is 18.1 Å². The number of thioether (sulfide) groups is 1. The normalized spacial score (nSPS) is 16.7. The summed E-state index contributed by atoms with van der Waals surface area (Å²) in [7, 11) is 0. The first kappa shape index (κ1) is 14.3. The van der Waals surface area contributed by atoms with Crippen LogP contribution in [-0.2, 0) is 10.5 Å². The van der Waals surface area contributed by atoms with Gasteiger partial charge in [-0.1, -0.05) is 12.1 Å². The molecule has 2 N–H and O–H groups in total. The second kappa shape index (κ2) is 6.39. The lowest BCUT2D eigenvalue weighted by atomic mass is 9.80. The summed E-state index contributed by atoms with van der Waals surface area (Å²) in [5.41, 5.74) is 0.328. The van der Waals surface area contributed by atoms with Crippen molar-refractivity contribution >= 4 is 17.7 Å². The molecule has 104 valence electrons. The summed E-state index contributed by atoms with van der Waals surface area (Å²) in [5.74, 6) is 0.721. The summed E-state index contributed by atoms with van der Waals surface area (Å²) in [5, 5.41) is 12.6. The average molecular weight is 283 g/mol. The van der Waals surface area contributed by atoms with E-state index in [2.05, 4.69) is 5.32 Å². The van der Waals surface area contributed by atoms with Crippen molar-refractivity contribution in [2.45, 2.75) is 30.6 Å². The van der Waals surface area contributed by atoms with E-state index < -0.39 is 5.60 Å². The van der Waals surface area contributed by atoms with Gasteiger partial charge in [-0.25, -0.2) is 4.39 Å². The van der Waals surface area contributed by atoms with Crippen molar-refractivity contribution in [3.63, 3.8) is 0 Å². The summed E-state index contributed by atoms with van der Waals surface area (Å²) in [6.45, 7) is 0.350. The van der Waals surface area contributed by atoms with Gasteiger partial charge in [-0.3, -0.25) is 4.79 Å². The van der Waals surface area contributed by atoms with Gasteiger partial charge in [0.1, 0.15) is 5.82 Å². The Morgan fingerprint density at radius 1 is 1.37 bits per heavy atom. The van der Waals surface area contributed by atoms with E-state index in [1.54, 1.807) is 12.1 Å².